The monoisotopic (exact) mass is 899 g/mol. The highest BCUT2D eigenvalue weighted by Gasteiger charge is 2.52. The largest absolute Gasteiger partial charge is 0.457 e. The molecule has 0 bridgehead atoms. The van der Waals surface area contributed by atoms with E-state index in [0.29, 0.717) is 5.92 Å². The molecule has 9 aromatic carbocycles. The van der Waals surface area contributed by atoms with Gasteiger partial charge in [-0.3, -0.25) is 0 Å². The number of allylic oxidation sites excluding steroid dienone is 4. The number of rotatable bonds is 7. The molecule has 0 saturated carbocycles. The zero-order valence-electron chi connectivity index (χ0n) is 39.3. The van der Waals surface area contributed by atoms with Crippen LogP contribution in [0.1, 0.15) is 106 Å². The summed E-state index contributed by atoms with van der Waals surface area (Å²) < 4.78 is 7.28. The van der Waals surface area contributed by atoms with E-state index in [1.807, 2.05) is 0 Å². The topological polar surface area (TPSA) is 12.5 Å². The van der Waals surface area contributed by atoms with Gasteiger partial charge >= 0.3 is 0 Å². The van der Waals surface area contributed by atoms with E-state index in [9.17, 15) is 0 Å². The van der Waals surface area contributed by atoms with E-state index >= 15 is 0 Å². The van der Waals surface area contributed by atoms with Crippen molar-refractivity contribution in [3.63, 3.8) is 0 Å². The van der Waals surface area contributed by atoms with Gasteiger partial charge in [-0.05, 0) is 172 Å². The highest BCUT2D eigenvalue weighted by Crippen LogP contribution is 2.64. The zero-order valence-corrected chi connectivity index (χ0v) is 39.3. The van der Waals surface area contributed by atoms with Gasteiger partial charge in [-0.2, -0.15) is 0 Å². The Morgan fingerprint density at radius 2 is 0.986 bits per heavy atom. The summed E-state index contributed by atoms with van der Waals surface area (Å²) in [5, 5.41) is 0. The van der Waals surface area contributed by atoms with Gasteiger partial charge in [0.2, 0.25) is 0 Å². The quantitative estimate of drug-likeness (QED) is 0.148. The molecule has 4 aliphatic carbocycles. The number of fused-ring (bicyclic) bond motifs is 12. The van der Waals surface area contributed by atoms with Crippen LogP contribution >= 0.6 is 0 Å². The van der Waals surface area contributed by atoms with Crippen LogP contribution in [0.2, 0.25) is 0 Å². The summed E-state index contributed by atoms with van der Waals surface area (Å²) in [5.41, 5.74) is 21.5. The minimum atomic E-state index is -0.618. The molecule has 2 heteroatoms. The average Bonchev–Trinajstić information content (AvgIpc) is 3.90. The molecular weight excluding hydrogens is 847 g/mol. The van der Waals surface area contributed by atoms with Gasteiger partial charge in [-0.1, -0.05) is 182 Å². The zero-order chi connectivity index (χ0) is 46.2. The molecule has 0 amide bonds. The van der Waals surface area contributed by atoms with Gasteiger partial charge in [0.25, 0.3) is 0 Å². The number of ether oxygens (including phenoxy) is 1. The molecule has 2 unspecified atom stereocenters. The van der Waals surface area contributed by atoms with Crippen LogP contribution in [-0.4, -0.2) is 0 Å². The molecule has 1 heterocycles. The third kappa shape index (κ3) is 6.05. The molecule has 70 heavy (non-hydrogen) atoms. The molecule has 1 aliphatic heterocycles. The molecule has 2 nitrogen and oxygen atoms in total. The minimum Gasteiger partial charge on any atom is -0.457 e. The molecule has 14 rings (SSSR count). The lowest BCUT2D eigenvalue weighted by Crippen LogP contribution is -2.32. The minimum absolute atomic E-state index is 0.479. The summed E-state index contributed by atoms with van der Waals surface area (Å²) >= 11 is 0. The number of nitrogens with zero attached hydrogens (tertiary/aromatic N) is 1. The Morgan fingerprint density at radius 1 is 0.414 bits per heavy atom. The van der Waals surface area contributed by atoms with E-state index in [4.69, 9.17) is 4.74 Å². The maximum absolute atomic E-state index is 7.28. The summed E-state index contributed by atoms with van der Waals surface area (Å²) in [4.78, 5) is 2.49. The van der Waals surface area contributed by atoms with Gasteiger partial charge in [0.1, 0.15) is 11.5 Å². The van der Waals surface area contributed by atoms with Crippen molar-refractivity contribution in [2.75, 3.05) is 4.90 Å². The van der Waals surface area contributed by atoms with Crippen molar-refractivity contribution >= 4 is 22.6 Å². The SMILES string of the molecule is C1=CCC(c2ccc3c(c2)Oc2cc(C4=CCCCC4)ccc2C32c3ccccc3-c3ccc(N(c4ccccc4)c4ccc5c(c4)C(c4ccccc4)(c4ccccc4)c4ccccc4-5)cc32)CC1. The van der Waals surface area contributed by atoms with Crippen LogP contribution in [0, 0.1) is 0 Å². The Labute approximate surface area is 411 Å². The molecule has 0 aromatic heterocycles. The third-order valence-corrected chi connectivity index (χ3v) is 16.4. The van der Waals surface area contributed by atoms with E-state index < -0.39 is 10.8 Å². The Hall–Kier alpha value is -7.94. The van der Waals surface area contributed by atoms with Crippen molar-refractivity contribution < 1.29 is 4.74 Å². The van der Waals surface area contributed by atoms with E-state index in [2.05, 4.69) is 235 Å². The molecule has 5 aliphatic rings. The lowest BCUT2D eigenvalue weighted by atomic mass is 9.65. The molecule has 9 aromatic rings. The second kappa shape index (κ2) is 16.4. The number of hydrogen-bond acceptors (Lipinski definition) is 2. The maximum atomic E-state index is 7.28. The summed E-state index contributed by atoms with van der Waals surface area (Å²) in [7, 11) is 0. The fourth-order valence-electron chi connectivity index (χ4n) is 13.3. The Balaban J connectivity index is 1.01. The highest BCUT2D eigenvalue weighted by molar-refractivity contribution is 5.93. The van der Waals surface area contributed by atoms with Gasteiger partial charge < -0.3 is 9.64 Å². The maximum Gasteiger partial charge on any atom is 0.132 e. The molecule has 2 atom stereocenters. The predicted octanol–water partition coefficient (Wildman–Crippen LogP) is 17.8. The van der Waals surface area contributed by atoms with Crippen LogP contribution in [0.3, 0.4) is 0 Å². The Bertz CT molecular complexity index is 3530. The predicted molar refractivity (Wildman–Crippen MR) is 288 cm³/mol. The van der Waals surface area contributed by atoms with Gasteiger partial charge in [-0.25, -0.2) is 0 Å². The first-order chi connectivity index (χ1) is 34.7. The Kier molecular flexibility index (Phi) is 9.59. The van der Waals surface area contributed by atoms with Crippen LogP contribution in [0.25, 0.3) is 27.8 Å². The van der Waals surface area contributed by atoms with Crippen LogP contribution in [0.5, 0.6) is 11.5 Å². The third-order valence-electron chi connectivity index (χ3n) is 16.4. The lowest BCUT2D eigenvalue weighted by Gasteiger charge is -2.40. The van der Waals surface area contributed by atoms with Gasteiger partial charge in [0.15, 0.2) is 0 Å². The summed E-state index contributed by atoms with van der Waals surface area (Å²) in [5.74, 6) is 2.41. The van der Waals surface area contributed by atoms with Crippen LogP contribution in [-0.2, 0) is 10.8 Å². The van der Waals surface area contributed by atoms with Gasteiger partial charge in [0, 0.05) is 28.2 Å². The first-order valence-electron chi connectivity index (χ1n) is 25.5. The van der Waals surface area contributed by atoms with Gasteiger partial charge in [-0.15, -0.1) is 0 Å². The van der Waals surface area contributed by atoms with Crippen molar-refractivity contribution in [3.8, 4) is 33.8 Å². The van der Waals surface area contributed by atoms with E-state index in [1.54, 1.807) is 0 Å². The highest BCUT2D eigenvalue weighted by atomic mass is 16.5. The van der Waals surface area contributed by atoms with Crippen LogP contribution in [0.4, 0.5) is 17.1 Å². The van der Waals surface area contributed by atoms with Gasteiger partial charge in [0.05, 0.1) is 10.8 Å². The number of benzene rings is 9. The van der Waals surface area contributed by atoms with Crippen molar-refractivity contribution in [1.82, 2.24) is 0 Å². The molecule has 0 fully saturated rings. The standard InChI is InChI=1S/C68H53NO/c1-6-20-46(21-7-1)48-34-40-61-65(42-48)70-66-43-49(47-22-8-2-9-23-47)35-41-62(66)68(61)60-33-19-17-31-56(60)58-39-37-54(45-64(58)68)69(52-28-14-5-15-29-52)53-36-38-57-55-30-16-18-32-59(55)67(63(57)44-53,50-24-10-3-11-25-50)51-26-12-4-13-27-51/h1,3-6,10-19,22,24-46H,2,7-9,20-21,23H2. The molecule has 336 valence electrons. The second-order valence-electron chi connectivity index (χ2n) is 20.0. The van der Waals surface area contributed by atoms with Crippen molar-refractivity contribution in [3.05, 3.63) is 286 Å². The number of hydrogen-bond donors (Lipinski definition) is 0. The molecular formula is C68H53NO. The number of para-hydroxylation sites is 1. The smallest absolute Gasteiger partial charge is 0.132 e. The van der Waals surface area contributed by atoms with Crippen LogP contribution in [0.15, 0.2) is 231 Å². The number of anilines is 3. The fourth-order valence-corrected chi connectivity index (χ4v) is 13.3. The van der Waals surface area contributed by atoms with Crippen molar-refractivity contribution in [2.24, 2.45) is 0 Å². The summed E-state index contributed by atoms with van der Waals surface area (Å²) in [6, 6.07) is 80.3. The molecule has 0 saturated heterocycles. The van der Waals surface area contributed by atoms with Crippen molar-refractivity contribution in [2.45, 2.75) is 61.7 Å². The molecule has 1 spiro atoms. The normalized spacial score (nSPS) is 18.6. The van der Waals surface area contributed by atoms with E-state index in [0.717, 1.165) is 60.7 Å². The first kappa shape index (κ1) is 41.1. The molecule has 0 radical (unpaired) electrons. The van der Waals surface area contributed by atoms with E-state index in [-0.39, 0.29) is 0 Å². The lowest BCUT2D eigenvalue weighted by molar-refractivity contribution is 0.434. The van der Waals surface area contributed by atoms with Crippen molar-refractivity contribution in [1.29, 1.82) is 0 Å². The fraction of sp³-hybridized carbons (Fsp3) is 0.147. The summed E-state index contributed by atoms with van der Waals surface area (Å²) in [6.45, 7) is 0. The van der Waals surface area contributed by atoms with Crippen LogP contribution < -0.4 is 9.64 Å². The second-order valence-corrected chi connectivity index (χ2v) is 20.0. The first-order valence-corrected chi connectivity index (χ1v) is 25.5. The van der Waals surface area contributed by atoms with E-state index in [1.165, 1.54) is 96.3 Å². The Morgan fingerprint density at radius 3 is 1.61 bits per heavy atom. The summed E-state index contributed by atoms with van der Waals surface area (Å²) in [6.07, 6.45) is 15.2. The average molecular weight is 900 g/mol. The molecule has 0 N–H and O–H groups in total.